The number of ether oxygens (including phenoxy) is 1. The smallest absolute Gasteiger partial charge is 0.341 e. The van der Waals surface area contributed by atoms with Crippen molar-refractivity contribution >= 4 is 29.2 Å². The molecule has 114 valence electrons. The number of hydrogen-bond acceptors (Lipinski definition) is 3. The van der Waals surface area contributed by atoms with E-state index in [9.17, 15) is 18.4 Å². The molecule has 1 amide bonds. The number of nitrogens with one attached hydrogen (secondary N) is 1. The maximum atomic E-state index is 13.4. The van der Waals surface area contributed by atoms with Crippen LogP contribution in [0.25, 0.3) is 0 Å². The molecule has 0 saturated heterocycles. The lowest BCUT2D eigenvalue weighted by Crippen LogP contribution is -2.21. The number of hydrogen-bond donors (Lipinski definition) is 1. The van der Waals surface area contributed by atoms with Crippen LogP contribution in [0.4, 0.5) is 14.5 Å². The van der Waals surface area contributed by atoms with E-state index in [1.54, 1.807) is 24.3 Å². The van der Waals surface area contributed by atoms with E-state index in [2.05, 4.69) is 10.1 Å². The van der Waals surface area contributed by atoms with E-state index in [1.807, 2.05) is 0 Å². The van der Waals surface area contributed by atoms with Crippen molar-refractivity contribution in [2.24, 2.45) is 0 Å². The summed E-state index contributed by atoms with van der Waals surface area (Å²) in [5, 5.41) is 2.76. The molecular formula is C15H10ClF2NO3. The Hall–Kier alpha value is -2.47. The van der Waals surface area contributed by atoms with E-state index in [-0.39, 0.29) is 0 Å². The van der Waals surface area contributed by atoms with Crippen LogP contribution in [-0.2, 0) is 9.53 Å². The topological polar surface area (TPSA) is 55.4 Å². The zero-order valence-corrected chi connectivity index (χ0v) is 11.9. The summed E-state index contributed by atoms with van der Waals surface area (Å²) >= 11 is 5.85. The van der Waals surface area contributed by atoms with Gasteiger partial charge in [0.25, 0.3) is 5.91 Å². The van der Waals surface area contributed by atoms with Gasteiger partial charge >= 0.3 is 5.97 Å². The van der Waals surface area contributed by atoms with Gasteiger partial charge in [0.15, 0.2) is 6.61 Å². The van der Waals surface area contributed by atoms with Crippen LogP contribution >= 0.6 is 11.6 Å². The summed E-state index contributed by atoms with van der Waals surface area (Å²) < 4.78 is 30.8. The standard InChI is InChI=1S/C15H10ClF2NO3/c16-11-3-1-2-4-13(11)19-14(20)8-22-15(21)10-6-5-9(17)7-12(10)18/h1-7H,8H2,(H,19,20). The SMILES string of the molecule is O=C(COC(=O)c1ccc(F)cc1F)Nc1ccccc1Cl. The quantitative estimate of drug-likeness (QED) is 0.876. The van der Waals surface area contributed by atoms with Crippen LogP contribution < -0.4 is 5.32 Å². The summed E-state index contributed by atoms with van der Waals surface area (Å²) in [6.07, 6.45) is 0. The maximum absolute atomic E-state index is 13.4. The number of anilines is 1. The molecule has 2 aromatic rings. The number of benzene rings is 2. The Morgan fingerprint density at radius 2 is 1.86 bits per heavy atom. The van der Waals surface area contributed by atoms with Crippen molar-refractivity contribution < 1.29 is 23.1 Å². The molecule has 0 heterocycles. The molecule has 0 fully saturated rings. The lowest BCUT2D eigenvalue weighted by Gasteiger charge is -2.08. The third kappa shape index (κ3) is 4.02. The van der Waals surface area contributed by atoms with Gasteiger partial charge in [-0.2, -0.15) is 0 Å². The first kappa shape index (κ1) is 15.9. The van der Waals surface area contributed by atoms with Crippen molar-refractivity contribution in [2.45, 2.75) is 0 Å². The number of para-hydroxylation sites is 1. The van der Waals surface area contributed by atoms with Crippen molar-refractivity contribution in [1.29, 1.82) is 0 Å². The molecule has 0 saturated carbocycles. The highest BCUT2D eigenvalue weighted by atomic mass is 35.5. The molecule has 2 rings (SSSR count). The first-order valence-corrected chi connectivity index (χ1v) is 6.51. The molecule has 1 N–H and O–H groups in total. The largest absolute Gasteiger partial charge is 0.452 e. The Bertz CT molecular complexity index is 722. The normalized spacial score (nSPS) is 10.1. The van der Waals surface area contributed by atoms with Gasteiger partial charge in [0.1, 0.15) is 11.6 Å². The molecule has 2 aromatic carbocycles. The lowest BCUT2D eigenvalue weighted by atomic mass is 10.2. The van der Waals surface area contributed by atoms with E-state index in [4.69, 9.17) is 11.6 Å². The molecule has 0 aliphatic heterocycles. The van der Waals surface area contributed by atoms with E-state index in [1.165, 1.54) is 0 Å². The van der Waals surface area contributed by atoms with E-state index < -0.39 is 35.7 Å². The number of carbonyl (C=O) groups excluding carboxylic acids is 2. The van der Waals surface area contributed by atoms with Gasteiger partial charge in [0.2, 0.25) is 0 Å². The van der Waals surface area contributed by atoms with Gasteiger partial charge in [-0.3, -0.25) is 4.79 Å². The molecule has 0 aliphatic carbocycles. The van der Waals surface area contributed by atoms with Crippen molar-refractivity contribution in [3.05, 3.63) is 64.7 Å². The predicted octanol–water partition coefficient (Wildman–Crippen LogP) is 3.41. The Morgan fingerprint density at radius 3 is 2.55 bits per heavy atom. The Morgan fingerprint density at radius 1 is 1.14 bits per heavy atom. The molecular weight excluding hydrogens is 316 g/mol. The fraction of sp³-hybridized carbons (Fsp3) is 0.0667. The van der Waals surface area contributed by atoms with Crippen LogP contribution in [0.5, 0.6) is 0 Å². The second-order valence-corrected chi connectivity index (χ2v) is 4.64. The minimum atomic E-state index is -1.06. The highest BCUT2D eigenvalue weighted by Crippen LogP contribution is 2.20. The summed E-state index contributed by atoms with van der Waals surface area (Å²) in [6.45, 7) is -0.624. The number of amides is 1. The molecule has 0 radical (unpaired) electrons. The monoisotopic (exact) mass is 325 g/mol. The fourth-order valence-electron chi connectivity index (χ4n) is 1.61. The average Bonchev–Trinajstić information content (AvgIpc) is 2.47. The van der Waals surface area contributed by atoms with Gasteiger partial charge in [-0.25, -0.2) is 13.6 Å². The zero-order valence-electron chi connectivity index (χ0n) is 11.1. The van der Waals surface area contributed by atoms with Gasteiger partial charge in [-0.15, -0.1) is 0 Å². The van der Waals surface area contributed by atoms with Gasteiger partial charge in [0, 0.05) is 6.07 Å². The minimum Gasteiger partial charge on any atom is -0.452 e. The van der Waals surface area contributed by atoms with E-state index in [0.29, 0.717) is 16.8 Å². The van der Waals surface area contributed by atoms with Gasteiger partial charge in [-0.1, -0.05) is 23.7 Å². The van der Waals surface area contributed by atoms with Gasteiger partial charge in [-0.05, 0) is 24.3 Å². The highest BCUT2D eigenvalue weighted by molar-refractivity contribution is 6.33. The number of carbonyl (C=O) groups is 2. The molecule has 0 aromatic heterocycles. The van der Waals surface area contributed by atoms with Gasteiger partial charge in [0.05, 0.1) is 16.3 Å². The van der Waals surface area contributed by atoms with E-state index >= 15 is 0 Å². The predicted molar refractivity (Wildman–Crippen MR) is 76.7 cm³/mol. The maximum Gasteiger partial charge on any atom is 0.341 e. The van der Waals surface area contributed by atoms with Crippen LogP contribution in [0.2, 0.25) is 5.02 Å². The first-order valence-electron chi connectivity index (χ1n) is 6.14. The molecule has 0 bridgehead atoms. The summed E-state index contributed by atoms with van der Waals surface area (Å²) in [6, 6.07) is 8.93. The lowest BCUT2D eigenvalue weighted by molar-refractivity contribution is -0.119. The van der Waals surface area contributed by atoms with Crippen molar-refractivity contribution in [3.63, 3.8) is 0 Å². The summed E-state index contributed by atoms with van der Waals surface area (Å²) in [5.74, 6) is -3.57. The van der Waals surface area contributed by atoms with Crippen LogP contribution in [0.15, 0.2) is 42.5 Å². The third-order valence-electron chi connectivity index (χ3n) is 2.63. The third-order valence-corrected chi connectivity index (χ3v) is 2.96. The molecule has 22 heavy (non-hydrogen) atoms. The van der Waals surface area contributed by atoms with Crippen LogP contribution in [0.1, 0.15) is 10.4 Å². The highest BCUT2D eigenvalue weighted by Gasteiger charge is 2.15. The summed E-state index contributed by atoms with van der Waals surface area (Å²) in [5.41, 5.74) is -0.0925. The van der Waals surface area contributed by atoms with E-state index in [0.717, 1.165) is 12.1 Å². The first-order chi connectivity index (χ1) is 10.5. The minimum absolute atomic E-state index is 0.326. The molecule has 0 atom stereocenters. The second-order valence-electron chi connectivity index (χ2n) is 4.23. The van der Waals surface area contributed by atoms with Crippen molar-refractivity contribution in [2.75, 3.05) is 11.9 Å². The van der Waals surface area contributed by atoms with Crippen molar-refractivity contribution in [1.82, 2.24) is 0 Å². The second kappa shape index (κ2) is 7.00. The van der Waals surface area contributed by atoms with Crippen LogP contribution in [0, 0.1) is 11.6 Å². The molecule has 0 spiro atoms. The molecule has 0 unspecified atom stereocenters. The molecule has 7 heteroatoms. The Kier molecular flexibility index (Phi) is 5.06. The molecule has 0 aliphatic rings. The van der Waals surface area contributed by atoms with Gasteiger partial charge < -0.3 is 10.1 Å². The molecule has 4 nitrogen and oxygen atoms in total. The zero-order chi connectivity index (χ0) is 16.1. The number of halogens is 3. The average molecular weight is 326 g/mol. The Labute approximate surface area is 129 Å². The van der Waals surface area contributed by atoms with Crippen molar-refractivity contribution in [3.8, 4) is 0 Å². The summed E-state index contributed by atoms with van der Waals surface area (Å²) in [4.78, 5) is 23.2. The van der Waals surface area contributed by atoms with Crippen LogP contribution in [0.3, 0.4) is 0 Å². The summed E-state index contributed by atoms with van der Waals surface area (Å²) in [7, 11) is 0. The number of esters is 1. The number of rotatable bonds is 4. The van der Waals surface area contributed by atoms with Crippen LogP contribution in [-0.4, -0.2) is 18.5 Å². The fourth-order valence-corrected chi connectivity index (χ4v) is 1.80. The Balaban J connectivity index is 1.93.